The van der Waals surface area contributed by atoms with Crippen LogP contribution in [-0.2, 0) is 6.18 Å². The maximum atomic E-state index is 12.4. The fraction of sp³-hybridized carbons (Fsp3) is 0.643. The molecule has 0 spiro atoms. The minimum atomic E-state index is -4.36. The number of alkyl halides is 3. The topological polar surface area (TPSA) is 24.9 Å². The van der Waals surface area contributed by atoms with Crippen LogP contribution in [0, 0.1) is 5.92 Å². The summed E-state index contributed by atoms with van der Waals surface area (Å²) in [4.78, 5) is 3.46. The van der Waals surface area contributed by atoms with Gasteiger partial charge in [-0.25, -0.2) is 4.98 Å². The van der Waals surface area contributed by atoms with Gasteiger partial charge in [-0.1, -0.05) is 13.3 Å². The molecular formula is C14H19F3N2. The van der Waals surface area contributed by atoms with Crippen LogP contribution in [0.15, 0.2) is 18.3 Å². The number of nitrogens with zero attached hydrogens (tertiary/aromatic N) is 1. The first-order chi connectivity index (χ1) is 8.99. The van der Waals surface area contributed by atoms with E-state index in [9.17, 15) is 13.2 Å². The second-order valence-electron chi connectivity index (χ2n) is 5.20. The third-order valence-corrected chi connectivity index (χ3v) is 3.85. The first-order valence-corrected chi connectivity index (χ1v) is 6.79. The Bertz CT molecular complexity index is 392. The molecule has 0 aromatic carbocycles. The number of halogens is 3. The summed E-state index contributed by atoms with van der Waals surface area (Å²) >= 11 is 0. The lowest BCUT2D eigenvalue weighted by Gasteiger charge is -2.29. The minimum absolute atomic E-state index is 0.362. The molecule has 2 nitrogen and oxygen atoms in total. The molecule has 0 saturated heterocycles. The third-order valence-electron chi connectivity index (χ3n) is 3.85. The predicted octanol–water partition coefficient (Wildman–Crippen LogP) is 4.48. The molecule has 1 saturated carbocycles. The van der Waals surface area contributed by atoms with E-state index in [4.69, 9.17) is 0 Å². The lowest BCUT2D eigenvalue weighted by atomic mass is 9.84. The van der Waals surface area contributed by atoms with Crippen LogP contribution in [0.4, 0.5) is 18.9 Å². The van der Waals surface area contributed by atoms with Crippen molar-refractivity contribution in [3.63, 3.8) is 0 Å². The molecule has 0 aliphatic heterocycles. The molecule has 5 heteroatoms. The molecule has 2 rings (SSSR count). The van der Waals surface area contributed by atoms with Gasteiger partial charge in [0.25, 0.3) is 0 Å². The number of hydrogen-bond acceptors (Lipinski definition) is 2. The van der Waals surface area contributed by atoms with Crippen molar-refractivity contribution in [1.82, 2.24) is 4.98 Å². The van der Waals surface area contributed by atoms with Gasteiger partial charge in [0, 0.05) is 6.04 Å². The van der Waals surface area contributed by atoms with Crippen LogP contribution in [0.5, 0.6) is 0 Å². The molecule has 1 aromatic heterocycles. The summed E-state index contributed by atoms with van der Waals surface area (Å²) < 4.78 is 37.1. The fourth-order valence-corrected chi connectivity index (χ4v) is 2.60. The molecular weight excluding hydrogens is 253 g/mol. The standard InChI is InChI=1S/C14H19F3N2/c1-2-10-3-5-11(6-4-10)19-12-7-8-13(18-9-12)14(15,16)17/h7-11,19H,2-6H2,1H3. The van der Waals surface area contributed by atoms with E-state index in [1.807, 2.05) is 0 Å². The second kappa shape index (κ2) is 5.80. The van der Waals surface area contributed by atoms with Gasteiger partial charge < -0.3 is 5.32 Å². The summed E-state index contributed by atoms with van der Waals surface area (Å²) in [6.07, 6.45) is 2.69. The highest BCUT2D eigenvalue weighted by molar-refractivity contribution is 5.42. The Balaban J connectivity index is 1.90. The summed E-state index contributed by atoms with van der Waals surface area (Å²) in [6.45, 7) is 2.21. The Labute approximate surface area is 111 Å². The van der Waals surface area contributed by atoms with Crippen molar-refractivity contribution in [2.45, 2.75) is 51.2 Å². The molecule has 1 aromatic rings. The largest absolute Gasteiger partial charge is 0.433 e. The van der Waals surface area contributed by atoms with Crippen LogP contribution in [0.1, 0.15) is 44.7 Å². The third kappa shape index (κ3) is 3.85. The van der Waals surface area contributed by atoms with Gasteiger partial charge in [-0.05, 0) is 43.7 Å². The van der Waals surface area contributed by atoms with E-state index in [0.717, 1.165) is 24.8 Å². The van der Waals surface area contributed by atoms with Crippen molar-refractivity contribution in [2.24, 2.45) is 5.92 Å². The molecule has 19 heavy (non-hydrogen) atoms. The molecule has 0 bridgehead atoms. The molecule has 106 valence electrons. The fourth-order valence-electron chi connectivity index (χ4n) is 2.60. The Kier molecular flexibility index (Phi) is 4.32. The van der Waals surface area contributed by atoms with Gasteiger partial charge in [-0.15, -0.1) is 0 Å². The summed E-state index contributed by atoms with van der Waals surface area (Å²) in [7, 11) is 0. The highest BCUT2D eigenvalue weighted by atomic mass is 19.4. The molecule has 1 heterocycles. The Hall–Kier alpha value is -1.26. The monoisotopic (exact) mass is 272 g/mol. The Morgan fingerprint density at radius 1 is 1.21 bits per heavy atom. The number of hydrogen-bond donors (Lipinski definition) is 1. The summed E-state index contributed by atoms with van der Waals surface area (Å²) in [5, 5.41) is 3.27. The van der Waals surface area contributed by atoms with E-state index >= 15 is 0 Å². The number of anilines is 1. The Morgan fingerprint density at radius 2 is 1.89 bits per heavy atom. The van der Waals surface area contributed by atoms with Gasteiger partial charge in [-0.2, -0.15) is 13.2 Å². The predicted molar refractivity (Wildman–Crippen MR) is 68.9 cm³/mol. The van der Waals surface area contributed by atoms with E-state index in [0.29, 0.717) is 11.7 Å². The average molecular weight is 272 g/mol. The first-order valence-electron chi connectivity index (χ1n) is 6.79. The maximum Gasteiger partial charge on any atom is 0.433 e. The van der Waals surface area contributed by atoms with Crippen molar-refractivity contribution in [1.29, 1.82) is 0 Å². The van der Waals surface area contributed by atoms with Gasteiger partial charge in [0.2, 0.25) is 0 Å². The van der Waals surface area contributed by atoms with Crippen molar-refractivity contribution < 1.29 is 13.2 Å². The van der Waals surface area contributed by atoms with Crippen LogP contribution in [0.2, 0.25) is 0 Å². The molecule has 1 fully saturated rings. The summed E-state index contributed by atoms with van der Waals surface area (Å²) in [5.41, 5.74) is -0.166. The van der Waals surface area contributed by atoms with E-state index in [2.05, 4.69) is 17.2 Å². The molecule has 0 radical (unpaired) electrons. The van der Waals surface area contributed by atoms with Crippen molar-refractivity contribution in [3.05, 3.63) is 24.0 Å². The van der Waals surface area contributed by atoms with Gasteiger partial charge in [0.1, 0.15) is 5.69 Å². The number of pyridine rings is 1. The molecule has 1 aliphatic rings. The van der Waals surface area contributed by atoms with Crippen molar-refractivity contribution >= 4 is 5.69 Å². The van der Waals surface area contributed by atoms with Crippen molar-refractivity contribution in [3.8, 4) is 0 Å². The van der Waals surface area contributed by atoms with E-state index in [-0.39, 0.29) is 0 Å². The van der Waals surface area contributed by atoms with E-state index in [1.165, 1.54) is 31.5 Å². The van der Waals surface area contributed by atoms with Gasteiger partial charge in [0.05, 0.1) is 11.9 Å². The minimum Gasteiger partial charge on any atom is -0.381 e. The van der Waals surface area contributed by atoms with Crippen LogP contribution < -0.4 is 5.32 Å². The smallest absolute Gasteiger partial charge is 0.381 e. The number of nitrogens with one attached hydrogen (secondary N) is 1. The molecule has 1 aliphatic carbocycles. The zero-order valence-electron chi connectivity index (χ0n) is 11.0. The Morgan fingerprint density at radius 3 is 2.37 bits per heavy atom. The van der Waals surface area contributed by atoms with Crippen LogP contribution >= 0.6 is 0 Å². The van der Waals surface area contributed by atoms with Gasteiger partial charge in [-0.3, -0.25) is 0 Å². The second-order valence-corrected chi connectivity index (χ2v) is 5.20. The quantitative estimate of drug-likeness (QED) is 0.877. The molecule has 0 amide bonds. The lowest BCUT2D eigenvalue weighted by molar-refractivity contribution is -0.141. The normalized spacial score (nSPS) is 24.2. The molecule has 1 N–H and O–H groups in total. The maximum absolute atomic E-state index is 12.4. The zero-order chi connectivity index (χ0) is 13.9. The highest BCUT2D eigenvalue weighted by Crippen LogP contribution is 2.30. The van der Waals surface area contributed by atoms with Crippen LogP contribution in [-0.4, -0.2) is 11.0 Å². The number of rotatable bonds is 3. The van der Waals surface area contributed by atoms with Gasteiger partial charge >= 0.3 is 6.18 Å². The summed E-state index contributed by atoms with van der Waals surface area (Å²) in [5.74, 6) is 0.809. The van der Waals surface area contributed by atoms with E-state index < -0.39 is 11.9 Å². The first kappa shape index (κ1) is 14.2. The molecule has 0 unspecified atom stereocenters. The SMILES string of the molecule is CCC1CCC(Nc2ccc(C(F)(F)F)nc2)CC1. The average Bonchev–Trinajstić information content (AvgIpc) is 2.39. The zero-order valence-corrected chi connectivity index (χ0v) is 11.0. The lowest BCUT2D eigenvalue weighted by Crippen LogP contribution is -2.26. The summed E-state index contributed by atoms with van der Waals surface area (Å²) in [6, 6.07) is 2.85. The van der Waals surface area contributed by atoms with Crippen LogP contribution in [0.3, 0.4) is 0 Å². The van der Waals surface area contributed by atoms with Gasteiger partial charge in [0.15, 0.2) is 0 Å². The van der Waals surface area contributed by atoms with Crippen molar-refractivity contribution in [2.75, 3.05) is 5.32 Å². The van der Waals surface area contributed by atoms with E-state index in [1.54, 1.807) is 0 Å². The van der Waals surface area contributed by atoms with Crippen LogP contribution in [0.25, 0.3) is 0 Å². The molecule has 0 atom stereocenters. The highest BCUT2D eigenvalue weighted by Gasteiger charge is 2.32. The number of aromatic nitrogens is 1.